The quantitative estimate of drug-likeness (QED) is 0.603. The number of hydrogen-bond donors (Lipinski definition) is 1. The Morgan fingerprint density at radius 2 is 1.81 bits per heavy atom. The average molecular weight is 394 g/mol. The van der Waals surface area contributed by atoms with E-state index >= 15 is 0 Å². The minimum Gasteiger partial charge on any atom is -0.461 e. The van der Waals surface area contributed by atoms with Gasteiger partial charge in [0.15, 0.2) is 0 Å². The van der Waals surface area contributed by atoms with E-state index in [-0.39, 0.29) is 6.54 Å². The molecule has 27 heavy (non-hydrogen) atoms. The summed E-state index contributed by atoms with van der Waals surface area (Å²) in [5, 5.41) is 3.21. The first-order valence-corrected chi connectivity index (χ1v) is 8.42. The second kappa shape index (κ2) is 7.48. The Morgan fingerprint density at radius 3 is 2.48 bits per heavy atom. The lowest BCUT2D eigenvalue weighted by Crippen LogP contribution is -2.23. The van der Waals surface area contributed by atoms with Gasteiger partial charge in [-0.25, -0.2) is 0 Å². The predicted molar refractivity (Wildman–Crippen MR) is 96.5 cm³/mol. The number of nitrogens with one attached hydrogen (secondary N) is 1. The topological polar surface area (TPSA) is 42.2 Å². The number of benzene rings is 2. The molecule has 0 aliphatic rings. The third-order valence-electron chi connectivity index (χ3n) is 4.00. The molecule has 0 radical (unpaired) electrons. The number of hydrogen-bond acceptors (Lipinski definition) is 2. The first-order valence-electron chi connectivity index (χ1n) is 8.05. The zero-order valence-corrected chi connectivity index (χ0v) is 15.0. The number of furan rings is 1. The highest BCUT2D eigenvalue weighted by Gasteiger charge is 2.30. The van der Waals surface area contributed by atoms with Crippen molar-refractivity contribution in [2.75, 3.05) is 0 Å². The van der Waals surface area contributed by atoms with Crippen LogP contribution < -0.4 is 5.32 Å². The Balaban J connectivity index is 1.73. The van der Waals surface area contributed by atoms with E-state index in [9.17, 15) is 18.0 Å². The molecule has 0 aliphatic carbocycles. The molecule has 0 saturated carbocycles. The number of aryl methyl sites for hydroxylation is 1. The van der Waals surface area contributed by atoms with Gasteiger partial charge in [0.25, 0.3) is 5.91 Å². The van der Waals surface area contributed by atoms with Crippen LogP contribution in [0.3, 0.4) is 0 Å². The Kier molecular flexibility index (Phi) is 5.28. The van der Waals surface area contributed by atoms with Crippen molar-refractivity contribution in [3.8, 4) is 11.3 Å². The molecule has 2 aromatic carbocycles. The van der Waals surface area contributed by atoms with Crippen molar-refractivity contribution in [1.29, 1.82) is 0 Å². The van der Waals surface area contributed by atoms with Gasteiger partial charge in [-0.2, -0.15) is 13.2 Å². The summed E-state index contributed by atoms with van der Waals surface area (Å²) in [5.41, 5.74) is 0.697. The van der Waals surface area contributed by atoms with Crippen molar-refractivity contribution >= 4 is 17.5 Å². The largest absolute Gasteiger partial charge is 0.461 e. The summed E-state index contributed by atoms with van der Waals surface area (Å²) in [6.07, 6.45) is -4.42. The highest BCUT2D eigenvalue weighted by molar-refractivity contribution is 6.30. The Bertz CT molecular complexity index is 962. The van der Waals surface area contributed by atoms with Crippen molar-refractivity contribution in [2.24, 2.45) is 0 Å². The SMILES string of the molecule is Cc1oc(-c2ccc(Cl)cc2)cc1C(=O)NCc1cccc(C(F)(F)F)c1. The molecule has 0 saturated heterocycles. The smallest absolute Gasteiger partial charge is 0.416 e. The molecular weight excluding hydrogens is 379 g/mol. The van der Waals surface area contributed by atoms with Gasteiger partial charge in [0.05, 0.1) is 11.1 Å². The number of amides is 1. The normalized spacial score (nSPS) is 11.4. The van der Waals surface area contributed by atoms with Gasteiger partial charge < -0.3 is 9.73 Å². The van der Waals surface area contributed by atoms with Gasteiger partial charge in [0, 0.05) is 17.1 Å². The number of rotatable bonds is 4. The molecule has 0 spiro atoms. The van der Waals surface area contributed by atoms with E-state index in [0.29, 0.717) is 27.7 Å². The van der Waals surface area contributed by atoms with Crippen LogP contribution in [0.1, 0.15) is 27.2 Å². The van der Waals surface area contributed by atoms with Gasteiger partial charge >= 0.3 is 6.18 Å². The van der Waals surface area contributed by atoms with Gasteiger partial charge in [-0.05, 0) is 55.0 Å². The Hall–Kier alpha value is -2.73. The zero-order chi connectivity index (χ0) is 19.6. The average Bonchev–Trinajstić information content (AvgIpc) is 3.01. The van der Waals surface area contributed by atoms with Crippen molar-refractivity contribution in [3.63, 3.8) is 0 Å². The maximum absolute atomic E-state index is 12.8. The van der Waals surface area contributed by atoms with E-state index in [1.54, 1.807) is 37.3 Å². The maximum atomic E-state index is 12.8. The lowest BCUT2D eigenvalue weighted by atomic mass is 10.1. The van der Waals surface area contributed by atoms with Crippen LogP contribution in [-0.4, -0.2) is 5.91 Å². The number of carbonyl (C=O) groups excluding carboxylic acids is 1. The number of alkyl halides is 3. The maximum Gasteiger partial charge on any atom is 0.416 e. The summed E-state index contributed by atoms with van der Waals surface area (Å²) in [5.74, 6) is 0.503. The fraction of sp³-hybridized carbons (Fsp3) is 0.150. The molecule has 3 aromatic rings. The first kappa shape index (κ1) is 19.0. The summed E-state index contributed by atoms with van der Waals surface area (Å²) in [7, 11) is 0. The molecule has 1 amide bonds. The summed E-state index contributed by atoms with van der Waals surface area (Å²) in [4.78, 5) is 12.4. The van der Waals surface area contributed by atoms with Gasteiger partial charge in [-0.15, -0.1) is 0 Å². The second-order valence-corrected chi connectivity index (χ2v) is 6.40. The Labute approximate surface area is 158 Å². The highest BCUT2D eigenvalue weighted by atomic mass is 35.5. The molecule has 0 aliphatic heterocycles. The van der Waals surface area contributed by atoms with E-state index < -0.39 is 17.6 Å². The molecule has 1 heterocycles. The Morgan fingerprint density at radius 1 is 1.11 bits per heavy atom. The summed E-state index contributed by atoms with van der Waals surface area (Å²) in [6, 6.07) is 13.4. The minimum absolute atomic E-state index is 0.0242. The highest BCUT2D eigenvalue weighted by Crippen LogP contribution is 2.30. The lowest BCUT2D eigenvalue weighted by Gasteiger charge is -2.09. The molecule has 140 valence electrons. The van der Waals surface area contributed by atoms with Crippen LogP contribution >= 0.6 is 11.6 Å². The molecule has 0 bridgehead atoms. The molecular formula is C20H15ClF3NO2. The summed E-state index contributed by atoms with van der Waals surface area (Å²) >= 11 is 5.86. The van der Waals surface area contributed by atoms with Crippen LogP contribution in [0.25, 0.3) is 11.3 Å². The van der Waals surface area contributed by atoms with E-state index in [1.807, 2.05) is 0 Å². The molecule has 1 aromatic heterocycles. The van der Waals surface area contributed by atoms with E-state index in [0.717, 1.165) is 17.7 Å². The van der Waals surface area contributed by atoms with Crippen molar-refractivity contribution < 1.29 is 22.4 Å². The summed E-state index contributed by atoms with van der Waals surface area (Å²) < 4.78 is 43.9. The summed E-state index contributed by atoms with van der Waals surface area (Å²) in [6.45, 7) is 1.63. The molecule has 0 atom stereocenters. The molecule has 0 fully saturated rings. The molecule has 3 rings (SSSR count). The van der Waals surface area contributed by atoms with Crippen LogP contribution in [0, 0.1) is 6.92 Å². The van der Waals surface area contributed by atoms with Gasteiger partial charge in [-0.1, -0.05) is 23.7 Å². The van der Waals surface area contributed by atoms with E-state index in [2.05, 4.69) is 5.32 Å². The molecule has 1 N–H and O–H groups in total. The molecule has 3 nitrogen and oxygen atoms in total. The predicted octanol–water partition coefficient (Wildman–Crippen LogP) is 5.86. The molecule has 7 heteroatoms. The zero-order valence-electron chi connectivity index (χ0n) is 14.2. The fourth-order valence-corrected chi connectivity index (χ4v) is 2.73. The van der Waals surface area contributed by atoms with Gasteiger partial charge in [-0.3, -0.25) is 4.79 Å². The van der Waals surface area contributed by atoms with E-state index in [4.69, 9.17) is 16.0 Å². The van der Waals surface area contributed by atoms with Crippen LogP contribution in [-0.2, 0) is 12.7 Å². The standard InChI is InChI=1S/C20H15ClF3NO2/c1-12-17(10-18(27-12)14-5-7-16(21)8-6-14)19(26)25-11-13-3-2-4-15(9-13)20(22,23)24/h2-10H,11H2,1H3,(H,25,26). The fourth-order valence-electron chi connectivity index (χ4n) is 2.60. The van der Waals surface area contributed by atoms with Crippen LogP contribution in [0.4, 0.5) is 13.2 Å². The van der Waals surface area contributed by atoms with Crippen LogP contribution in [0.2, 0.25) is 5.02 Å². The first-order chi connectivity index (χ1) is 12.7. The van der Waals surface area contributed by atoms with Crippen LogP contribution in [0.5, 0.6) is 0 Å². The van der Waals surface area contributed by atoms with Gasteiger partial charge in [0.1, 0.15) is 11.5 Å². The monoisotopic (exact) mass is 393 g/mol. The second-order valence-electron chi connectivity index (χ2n) is 5.97. The van der Waals surface area contributed by atoms with Crippen molar-refractivity contribution in [3.05, 3.63) is 82.1 Å². The van der Waals surface area contributed by atoms with E-state index in [1.165, 1.54) is 12.1 Å². The number of halogens is 4. The third kappa shape index (κ3) is 4.52. The third-order valence-corrected chi connectivity index (χ3v) is 4.25. The molecule has 0 unspecified atom stereocenters. The van der Waals surface area contributed by atoms with Gasteiger partial charge in [0.2, 0.25) is 0 Å². The number of carbonyl (C=O) groups is 1. The van der Waals surface area contributed by atoms with Crippen LogP contribution in [0.15, 0.2) is 59.0 Å². The minimum atomic E-state index is -4.42. The lowest BCUT2D eigenvalue weighted by molar-refractivity contribution is -0.137. The van der Waals surface area contributed by atoms with Crippen molar-refractivity contribution in [2.45, 2.75) is 19.6 Å². The van der Waals surface area contributed by atoms with Crippen molar-refractivity contribution in [1.82, 2.24) is 5.32 Å².